The molecule has 102 valence electrons. The normalized spacial score (nSPS) is 15.9. The maximum atomic E-state index is 12.2. The first kappa shape index (κ1) is 15.5. The number of nitrogens with two attached hydrogens (primary N) is 2. The molecule has 0 aliphatic carbocycles. The van der Waals surface area contributed by atoms with Crippen molar-refractivity contribution in [2.75, 3.05) is 6.54 Å². The maximum absolute atomic E-state index is 12.2. The van der Waals surface area contributed by atoms with E-state index in [0.29, 0.717) is 28.6 Å². The molecule has 0 spiro atoms. The van der Waals surface area contributed by atoms with E-state index in [1.807, 2.05) is 0 Å². The largest absolute Gasteiger partial charge is 0.330 e. The van der Waals surface area contributed by atoms with Crippen LogP contribution in [0.15, 0.2) is 15.7 Å². The summed E-state index contributed by atoms with van der Waals surface area (Å²) in [5.41, 5.74) is 11.0. The molecule has 8 heteroatoms. The highest BCUT2D eigenvalue weighted by atomic mass is 35.5. The third-order valence-corrected chi connectivity index (χ3v) is 5.65. The average Bonchev–Trinajstić information content (AvgIpc) is 2.72. The summed E-state index contributed by atoms with van der Waals surface area (Å²) in [6.45, 7) is 0.460. The highest BCUT2D eigenvalue weighted by Gasteiger charge is 2.18. The number of halogens is 1. The molecule has 0 bridgehead atoms. The second kappa shape index (κ2) is 6.53. The van der Waals surface area contributed by atoms with Crippen molar-refractivity contribution in [3.8, 4) is 0 Å². The van der Waals surface area contributed by atoms with Gasteiger partial charge in [0.25, 0.3) is 0 Å². The zero-order chi connectivity index (χ0) is 13.8. The summed E-state index contributed by atoms with van der Waals surface area (Å²) < 4.78 is 15.0. The predicted octanol–water partition coefficient (Wildman–Crippen LogP) is 0.574. The van der Waals surface area contributed by atoms with Crippen LogP contribution in [0, 0.1) is 0 Å². The molecule has 0 saturated heterocycles. The summed E-state index contributed by atoms with van der Waals surface area (Å²) in [6, 6.07) is 0.791. The van der Waals surface area contributed by atoms with Gasteiger partial charge >= 0.3 is 0 Å². The van der Waals surface area contributed by atoms with E-state index >= 15 is 0 Å². The molecule has 0 aliphatic heterocycles. The molecule has 2 unspecified atom stereocenters. The first-order valence-electron chi connectivity index (χ1n) is 5.25. The molecule has 0 fully saturated rings. The van der Waals surface area contributed by atoms with Crippen molar-refractivity contribution in [3.63, 3.8) is 0 Å². The molecule has 1 heterocycles. The Morgan fingerprint density at radius 3 is 2.83 bits per heavy atom. The topological polar surface area (TPSA) is 98.2 Å². The lowest BCUT2D eigenvalue weighted by molar-refractivity contribution is -0.120. The van der Waals surface area contributed by atoms with Crippen LogP contribution < -0.4 is 16.2 Å². The first-order chi connectivity index (χ1) is 8.36. The number of hydrogen-bond donors (Lipinski definition) is 3. The molecule has 18 heavy (non-hydrogen) atoms. The molecule has 2 atom stereocenters. The van der Waals surface area contributed by atoms with Crippen molar-refractivity contribution in [1.82, 2.24) is 4.72 Å². The van der Waals surface area contributed by atoms with Crippen molar-refractivity contribution in [2.45, 2.75) is 23.1 Å². The minimum absolute atomic E-state index is 0.423. The Morgan fingerprint density at radius 1 is 1.67 bits per heavy atom. The third kappa shape index (κ3) is 4.25. The van der Waals surface area contributed by atoms with E-state index in [1.165, 1.54) is 17.4 Å². The average molecular weight is 310 g/mol. The summed E-state index contributed by atoms with van der Waals surface area (Å²) in [6.07, 6.45) is 1.08. The fourth-order valence-electron chi connectivity index (χ4n) is 1.23. The van der Waals surface area contributed by atoms with Crippen LogP contribution in [0.25, 0.3) is 0 Å². The SMILES string of the molecule is C=S(=O)(NC(=O)C(N)CCCN)c1cc(Cl)cs1. The van der Waals surface area contributed by atoms with Crippen LogP contribution in [-0.2, 0) is 14.5 Å². The minimum atomic E-state index is -2.89. The van der Waals surface area contributed by atoms with E-state index in [-0.39, 0.29) is 0 Å². The van der Waals surface area contributed by atoms with Gasteiger partial charge in [-0.2, -0.15) is 0 Å². The number of carbonyl (C=O) groups is 1. The van der Waals surface area contributed by atoms with Gasteiger partial charge in [-0.15, -0.1) is 11.3 Å². The monoisotopic (exact) mass is 309 g/mol. The highest BCUT2D eigenvalue weighted by molar-refractivity contribution is 8.00. The summed E-state index contributed by atoms with van der Waals surface area (Å²) in [5, 5.41) is 2.09. The number of hydrogen-bond acceptors (Lipinski definition) is 5. The molecular formula is C10H16ClN3O2S2. The standard InChI is InChI=1S/C10H16ClN3O2S2/c1-18(16,9-5-7(11)6-17-9)14-10(15)8(13)3-2-4-12/h5-6,8H,1-4,12-13H2,(H,14,15,16). The molecule has 1 amide bonds. The van der Waals surface area contributed by atoms with Gasteiger partial charge in [-0.1, -0.05) is 11.6 Å². The number of carbonyl (C=O) groups excluding carboxylic acids is 1. The fourth-order valence-corrected chi connectivity index (χ4v) is 3.87. The Labute approximate surface area is 116 Å². The van der Waals surface area contributed by atoms with Gasteiger partial charge in [-0.05, 0) is 31.3 Å². The van der Waals surface area contributed by atoms with Gasteiger partial charge < -0.3 is 11.5 Å². The molecule has 0 aliphatic rings. The Bertz CT molecular complexity index is 513. The van der Waals surface area contributed by atoms with Gasteiger partial charge in [0.2, 0.25) is 5.91 Å². The van der Waals surface area contributed by atoms with Crippen molar-refractivity contribution in [1.29, 1.82) is 0 Å². The molecule has 0 saturated carbocycles. The predicted molar refractivity (Wildman–Crippen MR) is 77.3 cm³/mol. The van der Waals surface area contributed by atoms with Gasteiger partial charge in [-0.25, -0.2) is 4.21 Å². The smallest absolute Gasteiger partial charge is 0.248 e. The van der Waals surface area contributed by atoms with Crippen LogP contribution in [0.1, 0.15) is 12.8 Å². The van der Waals surface area contributed by atoms with Crippen LogP contribution in [0.2, 0.25) is 5.02 Å². The lowest BCUT2D eigenvalue weighted by Crippen LogP contribution is -2.43. The van der Waals surface area contributed by atoms with E-state index in [9.17, 15) is 9.00 Å². The number of amides is 1. The van der Waals surface area contributed by atoms with Gasteiger partial charge in [0.05, 0.1) is 20.8 Å². The first-order valence-corrected chi connectivity index (χ1v) is 8.24. The third-order valence-electron chi connectivity index (χ3n) is 2.19. The van der Waals surface area contributed by atoms with Crippen LogP contribution in [-0.4, -0.2) is 28.6 Å². The Kier molecular flexibility index (Phi) is 5.61. The van der Waals surface area contributed by atoms with E-state index in [2.05, 4.69) is 10.6 Å². The lowest BCUT2D eigenvalue weighted by atomic mass is 10.1. The van der Waals surface area contributed by atoms with Crippen molar-refractivity contribution in [3.05, 3.63) is 16.5 Å². The second-order valence-electron chi connectivity index (χ2n) is 3.76. The molecule has 1 rings (SSSR count). The van der Waals surface area contributed by atoms with Gasteiger partial charge in [0.15, 0.2) is 0 Å². The summed E-state index contributed by atoms with van der Waals surface area (Å²) in [7, 11) is -2.89. The van der Waals surface area contributed by atoms with Crippen LogP contribution in [0.3, 0.4) is 0 Å². The van der Waals surface area contributed by atoms with Crippen molar-refractivity contribution in [2.24, 2.45) is 11.5 Å². The van der Waals surface area contributed by atoms with Crippen LogP contribution in [0.5, 0.6) is 0 Å². The van der Waals surface area contributed by atoms with E-state index in [4.69, 9.17) is 23.1 Å². The fraction of sp³-hybridized carbons (Fsp3) is 0.400. The summed E-state index contributed by atoms with van der Waals surface area (Å²) >= 11 is 6.92. The Balaban J connectivity index is 2.69. The number of nitrogens with one attached hydrogen (secondary N) is 1. The molecular weight excluding hydrogens is 294 g/mol. The van der Waals surface area contributed by atoms with Crippen LogP contribution >= 0.6 is 22.9 Å². The molecule has 0 aromatic carbocycles. The molecule has 1 aromatic rings. The summed E-state index contributed by atoms with van der Waals surface area (Å²) in [5.74, 6) is 3.03. The number of thiophene rings is 1. The van der Waals surface area contributed by atoms with Gasteiger partial charge in [-0.3, -0.25) is 9.52 Å². The Hall–Kier alpha value is -0.600. The molecule has 0 radical (unpaired) electrons. The quantitative estimate of drug-likeness (QED) is 0.669. The number of rotatable bonds is 6. The molecule has 1 aromatic heterocycles. The van der Waals surface area contributed by atoms with Crippen LogP contribution in [0.4, 0.5) is 0 Å². The zero-order valence-electron chi connectivity index (χ0n) is 9.73. The van der Waals surface area contributed by atoms with E-state index < -0.39 is 21.7 Å². The summed E-state index contributed by atoms with van der Waals surface area (Å²) in [4.78, 5) is 11.7. The van der Waals surface area contributed by atoms with E-state index in [0.717, 1.165) is 0 Å². The van der Waals surface area contributed by atoms with E-state index in [1.54, 1.807) is 5.38 Å². The Morgan fingerprint density at radius 2 is 2.33 bits per heavy atom. The van der Waals surface area contributed by atoms with Gasteiger partial charge in [0.1, 0.15) is 4.21 Å². The van der Waals surface area contributed by atoms with Crippen molar-refractivity contribution >= 4 is 44.4 Å². The zero-order valence-corrected chi connectivity index (χ0v) is 12.1. The maximum Gasteiger partial charge on any atom is 0.248 e. The van der Waals surface area contributed by atoms with Crippen molar-refractivity contribution < 1.29 is 9.00 Å². The minimum Gasteiger partial charge on any atom is -0.330 e. The van der Waals surface area contributed by atoms with Gasteiger partial charge in [0, 0.05) is 5.38 Å². The molecule has 5 nitrogen and oxygen atoms in total. The lowest BCUT2D eigenvalue weighted by Gasteiger charge is -2.14. The second-order valence-corrected chi connectivity index (χ2v) is 7.36. The molecule has 5 N–H and O–H groups in total. The highest BCUT2D eigenvalue weighted by Crippen LogP contribution is 2.23.